The first-order valence-corrected chi connectivity index (χ1v) is 12.3. The first-order valence-electron chi connectivity index (χ1n) is 12.3. The number of nitrogens with one attached hydrogen (secondary N) is 2. The zero-order chi connectivity index (χ0) is 26.5. The molecule has 8 nitrogen and oxygen atoms in total. The lowest BCUT2D eigenvalue weighted by Gasteiger charge is -2.43. The summed E-state index contributed by atoms with van der Waals surface area (Å²) in [4.78, 5) is 41.6. The lowest BCUT2D eigenvalue weighted by Crippen LogP contribution is -2.56. The van der Waals surface area contributed by atoms with Gasteiger partial charge in [0.1, 0.15) is 23.4 Å². The SMILES string of the molecule is COc1ccc(NC(=O)C(c2ccccc2C)N(C(=O)C(C)NC(=O)OC(C)(C)C)C2CCC2)cc1. The Hall–Kier alpha value is -3.55. The van der Waals surface area contributed by atoms with Gasteiger partial charge >= 0.3 is 6.09 Å². The van der Waals surface area contributed by atoms with Gasteiger partial charge in [-0.2, -0.15) is 0 Å². The van der Waals surface area contributed by atoms with Crippen LogP contribution in [0.4, 0.5) is 10.5 Å². The maximum atomic E-state index is 13.8. The van der Waals surface area contributed by atoms with Gasteiger partial charge in [0, 0.05) is 11.7 Å². The Morgan fingerprint density at radius 1 is 1.03 bits per heavy atom. The van der Waals surface area contributed by atoms with Gasteiger partial charge < -0.3 is 25.0 Å². The monoisotopic (exact) mass is 495 g/mol. The summed E-state index contributed by atoms with van der Waals surface area (Å²) < 4.78 is 10.5. The second-order valence-corrected chi connectivity index (χ2v) is 10.2. The molecular weight excluding hydrogens is 458 g/mol. The molecule has 1 aliphatic rings. The highest BCUT2D eigenvalue weighted by Crippen LogP contribution is 2.35. The minimum atomic E-state index is -0.874. The third-order valence-corrected chi connectivity index (χ3v) is 6.19. The molecule has 0 heterocycles. The summed E-state index contributed by atoms with van der Waals surface area (Å²) in [6.45, 7) is 8.83. The molecule has 2 unspecified atom stereocenters. The van der Waals surface area contributed by atoms with Gasteiger partial charge in [-0.05, 0) is 89.3 Å². The Bertz CT molecular complexity index is 1070. The number of carbonyl (C=O) groups is 3. The van der Waals surface area contributed by atoms with E-state index in [0.717, 1.165) is 30.4 Å². The summed E-state index contributed by atoms with van der Waals surface area (Å²) in [5.74, 6) is 0.0274. The molecule has 36 heavy (non-hydrogen) atoms. The Labute approximate surface area is 213 Å². The van der Waals surface area contributed by atoms with E-state index in [1.54, 1.807) is 64.0 Å². The molecule has 0 radical (unpaired) electrons. The fourth-order valence-corrected chi connectivity index (χ4v) is 4.15. The molecule has 2 aromatic carbocycles. The Kier molecular flexibility index (Phi) is 8.61. The van der Waals surface area contributed by atoms with Crippen molar-refractivity contribution in [1.29, 1.82) is 0 Å². The first-order chi connectivity index (χ1) is 17.0. The van der Waals surface area contributed by atoms with Gasteiger partial charge in [-0.25, -0.2) is 4.79 Å². The number of alkyl carbamates (subject to hydrolysis) is 1. The Morgan fingerprint density at radius 2 is 1.67 bits per heavy atom. The van der Waals surface area contributed by atoms with Crippen LogP contribution in [0.3, 0.4) is 0 Å². The normalized spacial score (nSPS) is 15.2. The van der Waals surface area contributed by atoms with Crippen molar-refractivity contribution in [1.82, 2.24) is 10.2 Å². The number of carbonyl (C=O) groups excluding carboxylic acids is 3. The van der Waals surface area contributed by atoms with Crippen LogP contribution in [-0.2, 0) is 14.3 Å². The first kappa shape index (κ1) is 27.0. The van der Waals surface area contributed by atoms with E-state index >= 15 is 0 Å². The lowest BCUT2D eigenvalue weighted by atomic mass is 9.87. The number of methoxy groups -OCH3 is 1. The van der Waals surface area contributed by atoms with Crippen LogP contribution in [0.15, 0.2) is 48.5 Å². The molecule has 1 fully saturated rings. The summed E-state index contributed by atoms with van der Waals surface area (Å²) in [5, 5.41) is 5.61. The topological polar surface area (TPSA) is 97.0 Å². The molecule has 3 rings (SSSR count). The second kappa shape index (κ2) is 11.5. The molecule has 1 saturated carbocycles. The average molecular weight is 496 g/mol. The van der Waals surface area contributed by atoms with Crippen molar-refractivity contribution < 1.29 is 23.9 Å². The number of benzene rings is 2. The van der Waals surface area contributed by atoms with Gasteiger partial charge in [-0.3, -0.25) is 9.59 Å². The highest BCUT2D eigenvalue weighted by atomic mass is 16.6. The zero-order valence-electron chi connectivity index (χ0n) is 22.0. The van der Waals surface area contributed by atoms with Gasteiger partial charge in [-0.1, -0.05) is 24.3 Å². The van der Waals surface area contributed by atoms with E-state index in [0.29, 0.717) is 11.4 Å². The standard InChI is InChI=1S/C28H37N3O5/c1-18-10-7-8-13-23(18)24(25(32)30-20-14-16-22(35-6)17-15-20)31(21-11-9-12-21)26(33)19(2)29-27(34)36-28(3,4)5/h7-8,10,13-17,19,21,24H,9,11-12H2,1-6H3,(H,29,34)(H,30,32). The highest BCUT2D eigenvalue weighted by molar-refractivity contribution is 5.99. The van der Waals surface area contributed by atoms with Crippen molar-refractivity contribution >= 4 is 23.6 Å². The summed E-state index contributed by atoms with van der Waals surface area (Å²) in [5.41, 5.74) is 1.55. The number of anilines is 1. The predicted molar refractivity (Wildman–Crippen MR) is 139 cm³/mol. The van der Waals surface area contributed by atoms with Gasteiger partial charge in [-0.15, -0.1) is 0 Å². The van der Waals surface area contributed by atoms with E-state index in [1.165, 1.54) is 0 Å². The molecule has 194 valence electrons. The van der Waals surface area contributed by atoms with Crippen LogP contribution in [0.2, 0.25) is 0 Å². The molecule has 2 atom stereocenters. The Morgan fingerprint density at radius 3 is 2.19 bits per heavy atom. The largest absolute Gasteiger partial charge is 0.497 e. The van der Waals surface area contributed by atoms with Crippen LogP contribution in [0.25, 0.3) is 0 Å². The van der Waals surface area contributed by atoms with Gasteiger partial charge in [0.15, 0.2) is 0 Å². The van der Waals surface area contributed by atoms with Crippen molar-refractivity contribution in [2.24, 2.45) is 0 Å². The molecule has 3 amide bonds. The number of rotatable bonds is 8. The van der Waals surface area contributed by atoms with Crippen LogP contribution >= 0.6 is 0 Å². The molecule has 0 aliphatic heterocycles. The fourth-order valence-electron chi connectivity index (χ4n) is 4.15. The summed E-state index contributed by atoms with van der Waals surface area (Å²) in [6.07, 6.45) is 1.89. The van der Waals surface area contributed by atoms with Crippen LogP contribution in [0.5, 0.6) is 5.75 Å². The number of amides is 3. The summed E-state index contributed by atoms with van der Waals surface area (Å²) in [6, 6.07) is 12.8. The summed E-state index contributed by atoms with van der Waals surface area (Å²) in [7, 11) is 1.58. The van der Waals surface area contributed by atoms with Crippen molar-refractivity contribution in [2.75, 3.05) is 12.4 Å². The fraction of sp³-hybridized carbons (Fsp3) is 0.464. The van der Waals surface area contributed by atoms with E-state index in [1.807, 2.05) is 31.2 Å². The Balaban J connectivity index is 1.93. The van der Waals surface area contributed by atoms with E-state index in [2.05, 4.69) is 10.6 Å². The average Bonchev–Trinajstić information content (AvgIpc) is 2.77. The number of hydrogen-bond donors (Lipinski definition) is 2. The number of aryl methyl sites for hydroxylation is 1. The minimum absolute atomic E-state index is 0.105. The lowest BCUT2D eigenvalue weighted by molar-refractivity contribution is -0.145. The zero-order valence-corrected chi connectivity index (χ0v) is 22.0. The number of hydrogen-bond acceptors (Lipinski definition) is 5. The van der Waals surface area contributed by atoms with Crippen LogP contribution in [0, 0.1) is 6.92 Å². The molecule has 0 spiro atoms. The minimum Gasteiger partial charge on any atom is -0.497 e. The van der Waals surface area contributed by atoms with E-state index in [4.69, 9.17) is 9.47 Å². The van der Waals surface area contributed by atoms with Crippen molar-refractivity contribution in [3.05, 3.63) is 59.7 Å². The quantitative estimate of drug-likeness (QED) is 0.539. The molecule has 8 heteroatoms. The second-order valence-electron chi connectivity index (χ2n) is 10.2. The van der Waals surface area contributed by atoms with Crippen LogP contribution in [0.1, 0.15) is 64.1 Å². The number of ether oxygens (including phenoxy) is 2. The maximum Gasteiger partial charge on any atom is 0.408 e. The van der Waals surface area contributed by atoms with Gasteiger partial charge in [0.2, 0.25) is 5.91 Å². The van der Waals surface area contributed by atoms with Gasteiger partial charge in [0.25, 0.3) is 5.91 Å². The molecule has 0 bridgehead atoms. The van der Waals surface area contributed by atoms with Crippen LogP contribution < -0.4 is 15.4 Å². The highest BCUT2D eigenvalue weighted by Gasteiger charge is 2.41. The summed E-state index contributed by atoms with van der Waals surface area (Å²) >= 11 is 0. The third-order valence-electron chi connectivity index (χ3n) is 6.19. The molecule has 0 aromatic heterocycles. The molecule has 1 aliphatic carbocycles. The van der Waals surface area contributed by atoms with E-state index in [-0.39, 0.29) is 17.9 Å². The molecule has 2 N–H and O–H groups in total. The maximum absolute atomic E-state index is 13.8. The molecular formula is C28H37N3O5. The molecule has 2 aromatic rings. The predicted octanol–water partition coefficient (Wildman–Crippen LogP) is 4.98. The van der Waals surface area contributed by atoms with Crippen molar-refractivity contribution in [3.8, 4) is 5.75 Å². The van der Waals surface area contributed by atoms with Gasteiger partial charge in [0.05, 0.1) is 7.11 Å². The number of nitrogens with zero attached hydrogens (tertiary/aromatic N) is 1. The van der Waals surface area contributed by atoms with Crippen molar-refractivity contribution in [3.63, 3.8) is 0 Å². The smallest absolute Gasteiger partial charge is 0.408 e. The van der Waals surface area contributed by atoms with E-state index < -0.39 is 23.8 Å². The van der Waals surface area contributed by atoms with Crippen LogP contribution in [-0.4, -0.2) is 47.6 Å². The molecule has 0 saturated heterocycles. The third kappa shape index (κ3) is 6.77. The van der Waals surface area contributed by atoms with E-state index in [9.17, 15) is 14.4 Å². The van der Waals surface area contributed by atoms with Crippen molar-refractivity contribution in [2.45, 2.75) is 77.6 Å².